The van der Waals surface area contributed by atoms with Gasteiger partial charge in [-0.3, -0.25) is 9.36 Å². The van der Waals surface area contributed by atoms with Gasteiger partial charge in [0.05, 0.1) is 27.9 Å². The van der Waals surface area contributed by atoms with Gasteiger partial charge in [0.25, 0.3) is 5.56 Å². The van der Waals surface area contributed by atoms with Gasteiger partial charge < -0.3 is 9.47 Å². The monoisotopic (exact) mass is 648 g/mol. The van der Waals surface area contributed by atoms with Gasteiger partial charge in [-0.2, -0.15) is 0 Å². The zero-order valence-corrected chi connectivity index (χ0v) is 26.3. The number of ether oxygens (including phenoxy) is 2. The molecule has 4 aromatic rings. The first kappa shape index (κ1) is 29.1. The number of carbonyl (C=O) groups excluding carboxylic acids is 1. The highest BCUT2D eigenvalue weighted by Gasteiger charge is 2.33. The van der Waals surface area contributed by atoms with Crippen LogP contribution in [-0.4, -0.2) is 22.9 Å². The Morgan fingerprint density at radius 1 is 1.12 bits per heavy atom. The number of aromatic nitrogens is 1. The second kappa shape index (κ2) is 12.6. The molecule has 0 N–H and O–H groups in total. The molecule has 0 saturated heterocycles. The Labute approximate surface area is 255 Å². The Morgan fingerprint density at radius 2 is 1.85 bits per heavy atom. The van der Waals surface area contributed by atoms with E-state index in [4.69, 9.17) is 14.5 Å². The topological polar surface area (TPSA) is 69.9 Å². The maximum absolute atomic E-state index is 14.0. The molecule has 1 aliphatic rings. The molecule has 5 rings (SSSR count). The molecule has 2 heterocycles. The average molecular weight is 650 g/mol. The average Bonchev–Trinajstić information content (AvgIpc) is 3.26. The van der Waals surface area contributed by atoms with E-state index in [1.54, 1.807) is 37.1 Å². The normalized spacial score (nSPS) is 15.1. The Balaban J connectivity index is 1.63. The molecule has 0 bridgehead atoms. The lowest BCUT2D eigenvalue weighted by Gasteiger charge is -2.25. The summed E-state index contributed by atoms with van der Waals surface area (Å²) in [7, 11) is 0. The number of nitrogens with zero attached hydrogens (tertiary/aromatic N) is 2. The number of rotatable bonds is 8. The van der Waals surface area contributed by atoms with Crippen LogP contribution >= 0.6 is 39.0 Å². The van der Waals surface area contributed by atoms with Crippen molar-refractivity contribution in [3.05, 3.63) is 125 Å². The van der Waals surface area contributed by atoms with Crippen molar-refractivity contribution in [1.29, 1.82) is 0 Å². The Hall–Kier alpha value is -3.40. The van der Waals surface area contributed by atoms with Gasteiger partial charge in [-0.1, -0.05) is 69.7 Å². The van der Waals surface area contributed by atoms with E-state index in [0.29, 0.717) is 33.0 Å². The number of carbonyl (C=O) groups is 1. The van der Waals surface area contributed by atoms with E-state index in [2.05, 4.69) is 15.9 Å². The number of fused-ring (bicyclic) bond motifs is 1. The summed E-state index contributed by atoms with van der Waals surface area (Å²) < 4.78 is 14.7. The van der Waals surface area contributed by atoms with Crippen molar-refractivity contribution in [3.8, 4) is 5.75 Å². The van der Waals surface area contributed by atoms with Crippen LogP contribution in [0, 0.1) is 0 Å². The van der Waals surface area contributed by atoms with Crippen molar-refractivity contribution in [2.24, 2.45) is 4.99 Å². The number of benzene rings is 3. The first-order chi connectivity index (χ1) is 19.7. The minimum Gasteiger partial charge on any atom is -0.488 e. The van der Waals surface area contributed by atoms with Crippen LogP contribution < -0.4 is 19.6 Å². The van der Waals surface area contributed by atoms with Gasteiger partial charge in [0.1, 0.15) is 12.4 Å². The highest BCUT2D eigenvalue weighted by Crippen LogP contribution is 2.32. The third kappa shape index (κ3) is 6.42. The fraction of sp³-hybridized carbons (Fsp3) is 0.219. The second-order valence-corrected chi connectivity index (χ2v) is 12.6. The lowest BCUT2D eigenvalue weighted by atomic mass is 9.96. The number of esters is 1. The minimum atomic E-state index is -0.660. The van der Waals surface area contributed by atoms with Crippen LogP contribution in [0.2, 0.25) is 0 Å². The molecule has 1 atom stereocenters. The second-order valence-electron chi connectivity index (χ2n) is 9.77. The van der Waals surface area contributed by atoms with Crippen molar-refractivity contribution in [2.75, 3.05) is 6.26 Å². The van der Waals surface area contributed by atoms with Crippen LogP contribution in [0.5, 0.6) is 5.75 Å². The molecule has 0 unspecified atom stereocenters. The zero-order chi connectivity index (χ0) is 29.1. The summed E-state index contributed by atoms with van der Waals surface area (Å²) in [5.74, 6) is 0.183. The molecule has 6 nitrogen and oxygen atoms in total. The predicted octanol–water partition coefficient (Wildman–Crippen LogP) is 6.25. The molecule has 0 saturated carbocycles. The molecule has 210 valence electrons. The first-order valence-electron chi connectivity index (χ1n) is 13.1. The number of allylic oxidation sites excluding steroid dienone is 1. The Bertz CT molecular complexity index is 1790. The van der Waals surface area contributed by atoms with Gasteiger partial charge in [0, 0.05) is 14.9 Å². The van der Waals surface area contributed by atoms with Crippen molar-refractivity contribution in [3.63, 3.8) is 0 Å². The number of hydrogen-bond acceptors (Lipinski definition) is 7. The van der Waals surface area contributed by atoms with Crippen molar-refractivity contribution in [1.82, 2.24) is 4.57 Å². The van der Waals surface area contributed by atoms with E-state index >= 15 is 0 Å². The summed E-state index contributed by atoms with van der Waals surface area (Å²) in [5, 5.41) is 0. The summed E-state index contributed by atoms with van der Waals surface area (Å²) in [6.07, 6.45) is 3.53. The molecule has 0 amide bonds. The molecule has 41 heavy (non-hydrogen) atoms. The van der Waals surface area contributed by atoms with Gasteiger partial charge in [-0.25, -0.2) is 9.79 Å². The molecule has 0 spiro atoms. The number of hydrogen-bond donors (Lipinski definition) is 0. The van der Waals surface area contributed by atoms with E-state index in [1.807, 2.05) is 85.1 Å². The number of halogens is 1. The van der Waals surface area contributed by atoms with E-state index in [9.17, 15) is 9.59 Å². The SMILES string of the molecule is CSc1ccc([C@@H]2C(C(=O)OC(C)C)=C(C)N=c3s/c(=C\c4cc(Br)ccc4OCc4ccccc4)c(=O)n32)cc1. The Morgan fingerprint density at radius 3 is 2.54 bits per heavy atom. The zero-order valence-electron chi connectivity index (χ0n) is 23.1. The fourth-order valence-corrected chi connectivity index (χ4v) is 6.43. The first-order valence-corrected chi connectivity index (χ1v) is 15.9. The van der Waals surface area contributed by atoms with E-state index in [1.165, 1.54) is 11.3 Å². The highest BCUT2D eigenvalue weighted by atomic mass is 79.9. The number of thiazole rings is 1. The molecule has 9 heteroatoms. The van der Waals surface area contributed by atoms with Gasteiger partial charge in [0.2, 0.25) is 0 Å². The van der Waals surface area contributed by atoms with Gasteiger partial charge in [-0.15, -0.1) is 11.8 Å². The lowest BCUT2D eigenvalue weighted by Crippen LogP contribution is -2.40. The van der Waals surface area contributed by atoms with Crippen LogP contribution in [-0.2, 0) is 16.1 Å². The van der Waals surface area contributed by atoms with Crippen molar-refractivity contribution in [2.45, 2.75) is 44.4 Å². The maximum Gasteiger partial charge on any atom is 0.338 e. The van der Waals surface area contributed by atoms with Crippen molar-refractivity contribution >= 4 is 51.1 Å². The van der Waals surface area contributed by atoms with Gasteiger partial charge >= 0.3 is 5.97 Å². The summed E-state index contributed by atoms with van der Waals surface area (Å²) in [6, 6.07) is 22.9. The van der Waals surface area contributed by atoms with Gasteiger partial charge in [-0.05, 0) is 74.6 Å². The Kier molecular flexibility index (Phi) is 8.97. The highest BCUT2D eigenvalue weighted by molar-refractivity contribution is 9.10. The van der Waals surface area contributed by atoms with E-state index < -0.39 is 12.0 Å². The largest absolute Gasteiger partial charge is 0.488 e. The molecule has 1 aliphatic heterocycles. The fourth-order valence-electron chi connectivity index (χ4n) is 4.60. The molecular weight excluding hydrogens is 620 g/mol. The molecule has 1 aromatic heterocycles. The summed E-state index contributed by atoms with van der Waals surface area (Å²) in [6.45, 7) is 5.81. The summed E-state index contributed by atoms with van der Waals surface area (Å²) >= 11 is 6.47. The maximum atomic E-state index is 14.0. The van der Waals surface area contributed by atoms with Crippen molar-refractivity contribution < 1.29 is 14.3 Å². The molecule has 0 radical (unpaired) electrons. The van der Waals surface area contributed by atoms with Crippen LogP contribution in [0.4, 0.5) is 0 Å². The summed E-state index contributed by atoms with van der Waals surface area (Å²) in [5.41, 5.74) is 3.29. The van der Waals surface area contributed by atoms with Crippen LogP contribution in [0.15, 0.2) is 103 Å². The standard InChI is InChI=1S/C32H29BrN2O4S2/c1-19(2)39-31(37)28-20(3)34-32-35(29(28)22-10-13-25(40-4)14-11-22)30(36)27(41-32)17-23-16-24(33)12-15-26(23)38-18-21-8-6-5-7-9-21/h5-17,19,29H,18H2,1-4H3/b27-17-/t29-/m1/s1. The number of thioether (sulfide) groups is 1. The third-order valence-electron chi connectivity index (χ3n) is 6.51. The van der Waals surface area contributed by atoms with E-state index in [-0.39, 0.29) is 11.7 Å². The van der Waals surface area contributed by atoms with E-state index in [0.717, 1.165) is 26.1 Å². The molecule has 0 fully saturated rings. The molecule has 0 aliphatic carbocycles. The smallest absolute Gasteiger partial charge is 0.338 e. The quantitative estimate of drug-likeness (QED) is 0.167. The third-order valence-corrected chi connectivity index (χ3v) is 8.73. The molecular formula is C32H29BrN2O4S2. The lowest BCUT2D eigenvalue weighted by molar-refractivity contribution is -0.143. The minimum absolute atomic E-state index is 0.232. The van der Waals surface area contributed by atoms with Crippen LogP contribution in [0.1, 0.15) is 43.5 Å². The van der Waals surface area contributed by atoms with Gasteiger partial charge in [0.15, 0.2) is 4.80 Å². The van der Waals surface area contributed by atoms with Crippen LogP contribution in [0.3, 0.4) is 0 Å². The molecule has 3 aromatic carbocycles. The van der Waals surface area contributed by atoms with Crippen LogP contribution in [0.25, 0.3) is 6.08 Å². The predicted molar refractivity (Wildman–Crippen MR) is 168 cm³/mol. The summed E-state index contributed by atoms with van der Waals surface area (Å²) in [4.78, 5) is 33.7.